The number of nitrogens with one attached hydrogen (secondary N) is 2. The van der Waals surface area contributed by atoms with Gasteiger partial charge in [0.2, 0.25) is 5.95 Å². The van der Waals surface area contributed by atoms with E-state index in [1.165, 1.54) is 48.7 Å². The Bertz CT molecular complexity index is 1480. The van der Waals surface area contributed by atoms with Crippen molar-refractivity contribution >= 4 is 17.0 Å². The highest BCUT2D eigenvalue weighted by Gasteiger charge is 2.19. The Kier molecular flexibility index (Phi) is 8.09. The van der Waals surface area contributed by atoms with Crippen LogP contribution < -0.4 is 27.7 Å². The molecular weight excluding hydrogens is 473 g/mol. The van der Waals surface area contributed by atoms with Crippen LogP contribution >= 0.6 is 0 Å². The number of anilines is 1. The van der Waals surface area contributed by atoms with Gasteiger partial charge in [-0.3, -0.25) is 9.36 Å². The van der Waals surface area contributed by atoms with Crippen LogP contribution in [-0.2, 0) is 0 Å². The number of benzene rings is 2. The summed E-state index contributed by atoms with van der Waals surface area (Å²) in [6.07, 6.45) is 1.25. The first-order chi connectivity index (χ1) is 17.3. The molecule has 0 amide bonds. The number of aromatic nitrogens is 3. The van der Waals surface area contributed by atoms with Crippen molar-refractivity contribution in [2.45, 2.75) is 0 Å². The molecule has 0 atom stereocenters. The van der Waals surface area contributed by atoms with E-state index in [-0.39, 0.29) is 17.4 Å². The molecule has 2 aromatic heterocycles. The van der Waals surface area contributed by atoms with E-state index in [4.69, 9.17) is 11.0 Å². The zero-order valence-electron chi connectivity index (χ0n) is 18.8. The molecule has 4 aromatic rings. The highest BCUT2D eigenvalue weighted by Crippen LogP contribution is 2.29. The Morgan fingerprint density at radius 2 is 1.67 bits per heavy atom. The van der Waals surface area contributed by atoms with E-state index in [2.05, 4.69) is 32.9 Å². The zero-order valence-corrected chi connectivity index (χ0v) is 18.8. The molecule has 0 spiro atoms. The third-order valence-electron chi connectivity index (χ3n) is 4.79. The summed E-state index contributed by atoms with van der Waals surface area (Å²) in [4.78, 5) is 21.6. The Hall–Kier alpha value is -5.05. The zero-order chi connectivity index (χ0) is 26.2. The van der Waals surface area contributed by atoms with E-state index < -0.39 is 28.7 Å². The number of para-hydroxylation sites is 1. The maximum atomic E-state index is 14.6. The molecule has 0 saturated carbocycles. The summed E-state index contributed by atoms with van der Waals surface area (Å²) in [5.74, 6) is -1.90. The summed E-state index contributed by atoms with van der Waals surface area (Å²) in [6, 6.07) is 11.5. The number of hydrogen-bond donors (Lipinski definition) is 4. The minimum absolute atomic E-state index is 0.0143. The molecule has 9 nitrogen and oxygen atoms in total. The lowest BCUT2D eigenvalue weighted by Gasteiger charge is -2.15. The molecule has 0 aliphatic carbocycles. The quantitative estimate of drug-likeness (QED) is 0.174. The smallest absolute Gasteiger partial charge is 0.256 e. The van der Waals surface area contributed by atoms with E-state index in [0.717, 1.165) is 16.7 Å². The lowest BCUT2D eigenvalue weighted by molar-refractivity contribution is 0.568. The fourth-order valence-electron chi connectivity index (χ4n) is 3.34. The summed E-state index contributed by atoms with van der Waals surface area (Å²) in [7, 11) is 0. The van der Waals surface area contributed by atoms with Gasteiger partial charge in [-0.2, -0.15) is 10.2 Å². The maximum Gasteiger partial charge on any atom is 0.256 e. The van der Waals surface area contributed by atoms with Crippen LogP contribution in [0.4, 0.5) is 19.1 Å². The second kappa shape index (κ2) is 11.4. The Morgan fingerprint density at radius 1 is 1.03 bits per heavy atom. The normalized spacial score (nSPS) is 10.2. The fraction of sp³-hybridized carbons (Fsp3) is 0.0833. The monoisotopic (exact) mass is 494 g/mol. The van der Waals surface area contributed by atoms with Gasteiger partial charge >= 0.3 is 0 Å². The van der Waals surface area contributed by atoms with Crippen LogP contribution in [0.5, 0.6) is 0 Å². The van der Waals surface area contributed by atoms with E-state index in [0.29, 0.717) is 29.7 Å². The SMILES string of the molecule is C=C(N)NCCNc1nc(-c2ccc(F)cc2)c2ccc(=O)n(-c3c(F)cccc3F)c2n1.N#CN. The van der Waals surface area contributed by atoms with E-state index >= 15 is 0 Å². The van der Waals surface area contributed by atoms with Gasteiger partial charge in [-0.25, -0.2) is 18.2 Å². The minimum Gasteiger partial charge on any atom is -0.386 e. The van der Waals surface area contributed by atoms with Crippen molar-refractivity contribution in [2.75, 3.05) is 18.4 Å². The summed E-state index contributed by atoms with van der Waals surface area (Å²) in [5.41, 5.74) is 9.27. The molecule has 2 heterocycles. The van der Waals surface area contributed by atoms with Crippen LogP contribution in [-0.4, -0.2) is 27.6 Å². The predicted molar refractivity (Wildman–Crippen MR) is 130 cm³/mol. The fourth-order valence-corrected chi connectivity index (χ4v) is 3.34. The average Bonchev–Trinajstić information content (AvgIpc) is 2.83. The van der Waals surface area contributed by atoms with Crippen molar-refractivity contribution in [1.29, 1.82) is 5.26 Å². The van der Waals surface area contributed by atoms with Crippen molar-refractivity contribution in [3.05, 3.63) is 94.8 Å². The minimum atomic E-state index is -0.924. The molecule has 0 aliphatic heterocycles. The molecule has 0 radical (unpaired) electrons. The highest BCUT2D eigenvalue weighted by atomic mass is 19.1. The number of nitrogens with two attached hydrogens (primary N) is 2. The van der Waals surface area contributed by atoms with Gasteiger partial charge in [0.15, 0.2) is 11.8 Å². The van der Waals surface area contributed by atoms with Crippen molar-refractivity contribution in [2.24, 2.45) is 11.5 Å². The number of fused-ring (bicyclic) bond motifs is 1. The van der Waals surface area contributed by atoms with Gasteiger partial charge < -0.3 is 22.1 Å². The van der Waals surface area contributed by atoms with Crippen molar-refractivity contribution in [3.63, 3.8) is 0 Å². The first-order valence-electron chi connectivity index (χ1n) is 10.4. The number of rotatable bonds is 7. The molecule has 4 rings (SSSR count). The number of nitrogens with zero attached hydrogens (tertiary/aromatic N) is 4. The van der Waals surface area contributed by atoms with Crippen LogP contribution in [0.25, 0.3) is 28.0 Å². The van der Waals surface area contributed by atoms with Crippen LogP contribution in [0.3, 0.4) is 0 Å². The summed E-state index contributed by atoms with van der Waals surface area (Å²) in [5, 5.41) is 13.3. The average molecular weight is 494 g/mol. The van der Waals surface area contributed by atoms with Gasteiger partial charge in [0.1, 0.15) is 23.1 Å². The lowest BCUT2D eigenvalue weighted by Crippen LogP contribution is -2.26. The molecule has 0 aliphatic rings. The molecule has 0 saturated heterocycles. The van der Waals surface area contributed by atoms with Gasteiger partial charge in [0.05, 0.1) is 11.5 Å². The van der Waals surface area contributed by atoms with Gasteiger partial charge in [0, 0.05) is 30.1 Å². The predicted octanol–water partition coefficient (Wildman–Crippen LogP) is 2.72. The van der Waals surface area contributed by atoms with Crippen LogP contribution in [0.2, 0.25) is 0 Å². The number of nitriles is 1. The van der Waals surface area contributed by atoms with Crippen LogP contribution in [0, 0.1) is 28.9 Å². The van der Waals surface area contributed by atoms with Gasteiger partial charge in [-0.05, 0) is 42.5 Å². The summed E-state index contributed by atoms with van der Waals surface area (Å²) < 4.78 is 43.6. The summed E-state index contributed by atoms with van der Waals surface area (Å²) in [6.45, 7) is 4.26. The molecular formula is C24H21F3N8O. The van der Waals surface area contributed by atoms with Crippen molar-refractivity contribution in [3.8, 4) is 23.1 Å². The Morgan fingerprint density at radius 3 is 2.28 bits per heavy atom. The van der Waals surface area contributed by atoms with Gasteiger partial charge in [-0.15, -0.1) is 0 Å². The maximum absolute atomic E-state index is 14.6. The molecule has 12 heteroatoms. The van der Waals surface area contributed by atoms with Gasteiger partial charge in [0.25, 0.3) is 5.56 Å². The molecule has 0 fully saturated rings. The largest absolute Gasteiger partial charge is 0.386 e. The standard InChI is InChI=1S/C23H19F3N6O.CH2N2/c1-13(27)28-11-12-29-23-30-20(14-5-7-15(24)8-6-14)16-9-10-19(33)32(22(16)31-23)21-17(25)3-2-4-18(21)26;2-1-3/h2-10,28H,1,11-12,27H2,(H,29,30,31);2H2. The molecule has 184 valence electrons. The van der Waals surface area contributed by atoms with E-state index in [1.807, 2.05) is 0 Å². The third kappa shape index (κ3) is 5.71. The highest BCUT2D eigenvalue weighted by molar-refractivity contribution is 5.92. The van der Waals surface area contributed by atoms with Gasteiger partial charge in [-0.1, -0.05) is 12.6 Å². The second-order valence-electron chi connectivity index (χ2n) is 7.23. The van der Waals surface area contributed by atoms with Crippen molar-refractivity contribution < 1.29 is 13.2 Å². The third-order valence-corrected chi connectivity index (χ3v) is 4.79. The first-order valence-corrected chi connectivity index (χ1v) is 10.4. The molecule has 36 heavy (non-hydrogen) atoms. The lowest BCUT2D eigenvalue weighted by atomic mass is 10.1. The van der Waals surface area contributed by atoms with E-state index in [9.17, 15) is 18.0 Å². The Balaban J connectivity index is 0.00000115. The molecule has 6 N–H and O–H groups in total. The van der Waals surface area contributed by atoms with Crippen LogP contribution in [0.1, 0.15) is 0 Å². The second-order valence-corrected chi connectivity index (χ2v) is 7.23. The van der Waals surface area contributed by atoms with E-state index in [1.54, 1.807) is 0 Å². The number of hydrogen-bond acceptors (Lipinski definition) is 8. The van der Waals surface area contributed by atoms with Crippen molar-refractivity contribution in [1.82, 2.24) is 19.9 Å². The topological polar surface area (TPSA) is 148 Å². The first kappa shape index (κ1) is 25.6. The number of pyridine rings is 1. The number of halogens is 3. The summed E-state index contributed by atoms with van der Waals surface area (Å²) >= 11 is 0. The molecule has 0 bridgehead atoms. The van der Waals surface area contributed by atoms with Crippen LogP contribution in [0.15, 0.2) is 71.8 Å². The molecule has 2 aromatic carbocycles. The Labute approximate surface area is 203 Å². The molecule has 0 unspecified atom stereocenters.